The lowest BCUT2D eigenvalue weighted by atomic mass is 10.2. The number of rotatable bonds is 5. The Labute approximate surface area is 145 Å². The highest BCUT2D eigenvalue weighted by molar-refractivity contribution is 7.09. The van der Waals surface area contributed by atoms with Crippen molar-refractivity contribution < 1.29 is 13.9 Å². The van der Waals surface area contributed by atoms with Crippen LogP contribution in [0.4, 0.5) is 4.79 Å². The Hall–Kier alpha value is -1.86. The molecule has 24 heavy (non-hydrogen) atoms. The molecule has 7 heteroatoms. The van der Waals surface area contributed by atoms with Gasteiger partial charge in [-0.2, -0.15) is 0 Å². The molecular formula is C17H23N3O3S. The minimum atomic E-state index is -0.158. The van der Waals surface area contributed by atoms with Crippen molar-refractivity contribution >= 4 is 17.4 Å². The number of aromatic nitrogens is 1. The van der Waals surface area contributed by atoms with Gasteiger partial charge in [0.2, 0.25) is 0 Å². The van der Waals surface area contributed by atoms with E-state index in [1.165, 1.54) is 0 Å². The Kier molecular flexibility index (Phi) is 5.52. The summed E-state index contributed by atoms with van der Waals surface area (Å²) >= 11 is 1.67. The number of urea groups is 1. The first-order valence-electron chi connectivity index (χ1n) is 8.23. The van der Waals surface area contributed by atoms with Crippen molar-refractivity contribution in [3.05, 3.63) is 39.7 Å². The summed E-state index contributed by atoms with van der Waals surface area (Å²) in [5.41, 5.74) is 1.06. The average Bonchev–Trinajstić information content (AvgIpc) is 3.20. The van der Waals surface area contributed by atoms with Gasteiger partial charge in [0, 0.05) is 30.6 Å². The zero-order chi connectivity index (χ0) is 16.9. The highest BCUT2D eigenvalue weighted by Gasteiger charge is 2.30. The number of carbonyl (C=O) groups excluding carboxylic acids is 1. The zero-order valence-electron chi connectivity index (χ0n) is 14.1. The number of thiazole rings is 1. The van der Waals surface area contributed by atoms with E-state index < -0.39 is 0 Å². The number of amides is 2. The standard InChI is InChI=1S/C17H23N3O3S/c1-12-11-24-16(19-12)4-3-7-18-17(21)20-8-9-22-10-14(20)15-6-5-13(2)23-15/h5-6,11,14H,3-4,7-10H2,1-2H3,(H,18,21)/t14-/m1/s1. The summed E-state index contributed by atoms with van der Waals surface area (Å²) in [5, 5.41) is 6.18. The van der Waals surface area contributed by atoms with Gasteiger partial charge >= 0.3 is 6.03 Å². The third-order valence-corrected chi connectivity index (χ3v) is 5.02. The fraction of sp³-hybridized carbons (Fsp3) is 0.529. The summed E-state index contributed by atoms with van der Waals surface area (Å²) in [4.78, 5) is 18.7. The molecule has 1 saturated heterocycles. The normalized spacial score (nSPS) is 17.9. The number of nitrogens with one attached hydrogen (secondary N) is 1. The van der Waals surface area contributed by atoms with E-state index in [4.69, 9.17) is 9.15 Å². The summed E-state index contributed by atoms with van der Waals surface area (Å²) in [6.07, 6.45) is 1.77. The number of hydrogen-bond acceptors (Lipinski definition) is 5. The first kappa shape index (κ1) is 17.0. The second-order valence-corrected chi connectivity index (χ2v) is 6.89. The van der Waals surface area contributed by atoms with Crippen LogP contribution < -0.4 is 5.32 Å². The Morgan fingerprint density at radius 1 is 1.46 bits per heavy atom. The molecule has 0 radical (unpaired) electrons. The van der Waals surface area contributed by atoms with E-state index in [0.717, 1.165) is 35.1 Å². The predicted octanol–water partition coefficient (Wildman–Crippen LogP) is 3.07. The van der Waals surface area contributed by atoms with Gasteiger partial charge in [0.1, 0.15) is 17.6 Å². The monoisotopic (exact) mass is 349 g/mol. The molecule has 0 saturated carbocycles. The van der Waals surface area contributed by atoms with Crippen molar-refractivity contribution in [1.82, 2.24) is 15.2 Å². The van der Waals surface area contributed by atoms with Crippen LogP contribution in [0, 0.1) is 13.8 Å². The van der Waals surface area contributed by atoms with Crippen molar-refractivity contribution in [3.63, 3.8) is 0 Å². The van der Waals surface area contributed by atoms with E-state index in [1.54, 1.807) is 16.2 Å². The molecule has 1 atom stereocenters. The van der Waals surface area contributed by atoms with E-state index in [-0.39, 0.29) is 12.1 Å². The van der Waals surface area contributed by atoms with Crippen LogP contribution in [0.2, 0.25) is 0 Å². The third-order valence-electron chi connectivity index (χ3n) is 3.99. The quantitative estimate of drug-likeness (QED) is 0.843. The molecule has 0 aromatic carbocycles. The maximum Gasteiger partial charge on any atom is 0.318 e. The second-order valence-electron chi connectivity index (χ2n) is 5.95. The van der Waals surface area contributed by atoms with Crippen LogP contribution in [0.25, 0.3) is 0 Å². The lowest BCUT2D eigenvalue weighted by Crippen LogP contribution is -2.48. The number of hydrogen-bond donors (Lipinski definition) is 1. The highest BCUT2D eigenvalue weighted by Crippen LogP contribution is 2.25. The molecule has 2 amide bonds. The molecule has 2 aromatic heterocycles. The van der Waals surface area contributed by atoms with E-state index in [1.807, 2.05) is 26.0 Å². The molecule has 3 heterocycles. The van der Waals surface area contributed by atoms with Gasteiger partial charge in [-0.3, -0.25) is 0 Å². The molecule has 2 aromatic rings. The van der Waals surface area contributed by atoms with Crippen molar-refractivity contribution in [3.8, 4) is 0 Å². The lowest BCUT2D eigenvalue weighted by Gasteiger charge is -2.34. The van der Waals surface area contributed by atoms with Gasteiger partial charge < -0.3 is 19.4 Å². The van der Waals surface area contributed by atoms with Crippen LogP contribution in [0.3, 0.4) is 0 Å². The molecule has 1 N–H and O–H groups in total. The van der Waals surface area contributed by atoms with Crippen LogP contribution >= 0.6 is 11.3 Å². The van der Waals surface area contributed by atoms with E-state index in [9.17, 15) is 4.79 Å². The molecule has 1 aliphatic rings. The first-order chi connectivity index (χ1) is 11.6. The molecule has 130 valence electrons. The maximum absolute atomic E-state index is 12.5. The predicted molar refractivity (Wildman–Crippen MR) is 92.3 cm³/mol. The zero-order valence-corrected chi connectivity index (χ0v) is 14.9. The summed E-state index contributed by atoms with van der Waals surface area (Å²) in [5.74, 6) is 1.62. The SMILES string of the molecule is Cc1csc(CCCNC(=O)N2CCOC[C@@H]2c2ccc(C)o2)n1. The van der Waals surface area contributed by atoms with Gasteiger partial charge in [0.25, 0.3) is 0 Å². The largest absolute Gasteiger partial charge is 0.464 e. The third kappa shape index (κ3) is 4.15. The molecule has 0 bridgehead atoms. The molecule has 1 fully saturated rings. The molecule has 0 spiro atoms. The van der Waals surface area contributed by atoms with Crippen molar-refractivity contribution in [2.24, 2.45) is 0 Å². The smallest absolute Gasteiger partial charge is 0.318 e. The number of nitrogens with zero attached hydrogens (tertiary/aromatic N) is 2. The topological polar surface area (TPSA) is 67.6 Å². The molecular weight excluding hydrogens is 326 g/mol. The lowest BCUT2D eigenvalue weighted by molar-refractivity contribution is 0.00410. The number of ether oxygens (including phenoxy) is 1. The Bertz CT molecular complexity index is 682. The minimum Gasteiger partial charge on any atom is -0.464 e. The van der Waals surface area contributed by atoms with E-state index >= 15 is 0 Å². The fourth-order valence-electron chi connectivity index (χ4n) is 2.77. The molecule has 1 aliphatic heterocycles. The van der Waals surface area contributed by atoms with Gasteiger partial charge in [-0.1, -0.05) is 0 Å². The number of carbonyl (C=O) groups is 1. The second kappa shape index (κ2) is 7.81. The Morgan fingerprint density at radius 2 is 2.33 bits per heavy atom. The highest BCUT2D eigenvalue weighted by atomic mass is 32.1. The molecule has 0 aliphatic carbocycles. The van der Waals surface area contributed by atoms with E-state index in [2.05, 4.69) is 15.7 Å². The first-order valence-corrected chi connectivity index (χ1v) is 9.11. The summed E-state index contributed by atoms with van der Waals surface area (Å²) in [6.45, 7) is 6.13. The average molecular weight is 349 g/mol. The van der Waals surface area contributed by atoms with Crippen LogP contribution in [0.5, 0.6) is 0 Å². The summed E-state index contributed by atoms with van der Waals surface area (Å²) in [6, 6.07) is 3.61. The molecule has 0 unspecified atom stereocenters. The van der Waals surface area contributed by atoms with E-state index in [0.29, 0.717) is 26.3 Å². The fourth-order valence-corrected chi connectivity index (χ4v) is 3.59. The van der Waals surface area contributed by atoms with Crippen LogP contribution in [-0.4, -0.2) is 42.2 Å². The van der Waals surface area contributed by atoms with Crippen molar-refractivity contribution in [2.75, 3.05) is 26.3 Å². The van der Waals surface area contributed by atoms with Gasteiger partial charge in [0.15, 0.2) is 0 Å². The van der Waals surface area contributed by atoms with Gasteiger partial charge in [0.05, 0.1) is 18.2 Å². The van der Waals surface area contributed by atoms with Crippen LogP contribution in [0.1, 0.15) is 34.7 Å². The van der Waals surface area contributed by atoms with Gasteiger partial charge in [-0.25, -0.2) is 9.78 Å². The Morgan fingerprint density at radius 3 is 3.04 bits per heavy atom. The number of aryl methyl sites for hydroxylation is 3. The van der Waals surface area contributed by atoms with Crippen LogP contribution in [0.15, 0.2) is 21.9 Å². The van der Waals surface area contributed by atoms with Gasteiger partial charge in [-0.15, -0.1) is 11.3 Å². The summed E-state index contributed by atoms with van der Waals surface area (Å²) in [7, 11) is 0. The van der Waals surface area contributed by atoms with Crippen LogP contribution in [-0.2, 0) is 11.2 Å². The summed E-state index contributed by atoms with van der Waals surface area (Å²) < 4.78 is 11.2. The van der Waals surface area contributed by atoms with Crippen molar-refractivity contribution in [1.29, 1.82) is 0 Å². The maximum atomic E-state index is 12.5. The number of morpholine rings is 1. The Balaban J connectivity index is 1.50. The number of furan rings is 1. The molecule has 3 rings (SSSR count). The minimum absolute atomic E-state index is 0.0623. The van der Waals surface area contributed by atoms with Crippen molar-refractivity contribution in [2.45, 2.75) is 32.7 Å². The molecule has 6 nitrogen and oxygen atoms in total. The van der Waals surface area contributed by atoms with Gasteiger partial charge in [-0.05, 0) is 32.4 Å².